The number of halogens is 1. The molecule has 0 aliphatic heterocycles. The van der Waals surface area contributed by atoms with Crippen molar-refractivity contribution in [2.75, 3.05) is 6.54 Å². The Bertz CT molecular complexity index is 1420. The minimum atomic E-state index is -0.532. The zero-order valence-electron chi connectivity index (χ0n) is 20.6. The van der Waals surface area contributed by atoms with Crippen molar-refractivity contribution >= 4 is 34.5 Å². The third kappa shape index (κ3) is 5.12. The third-order valence-corrected chi connectivity index (χ3v) is 7.53. The Balaban J connectivity index is 1.40. The van der Waals surface area contributed by atoms with Crippen LogP contribution in [0.1, 0.15) is 51.7 Å². The van der Waals surface area contributed by atoms with Gasteiger partial charge in [0.05, 0.1) is 0 Å². The summed E-state index contributed by atoms with van der Waals surface area (Å²) in [5.74, 6) is -0.532. The van der Waals surface area contributed by atoms with E-state index in [4.69, 9.17) is 16.8 Å². The van der Waals surface area contributed by atoms with Crippen LogP contribution in [0.5, 0.6) is 0 Å². The third-order valence-electron chi connectivity index (χ3n) is 7.29. The van der Waals surface area contributed by atoms with Gasteiger partial charge in [-0.3, -0.25) is 14.9 Å². The molecule has 1 aliphatic carbocycles. The van der Waals surface area contributed by atoms with Crippen LogP contribution in [0.2, 0.25) is 5.02 Å². The number of carbonyl (C=O) groups excluding carboxylic acids is 1. The number of aromatic nitrogens is 2. The molecular formula is C29H31ClN4O2. The topological polar surface area (TPSA) is 84.2 Å². The quantitative estimate of drug-likeness (QED) is 0.135. The van der Waals surface area contributed by atoms with Crippen molar-refractivity contribution in [2.45, 2.75) is 45.7 Å². The molecule has 0 saturated heterocycles. The van der Waals surface area contributed by atoms with E-state index in [1.54, 1.807) is 11.6 Å². The molecule has 1 aliphatic rings. The molecule has 1 atom stereocenters. The largest absolute Gasteiger partial charge is 0.361 e. The molecule has 4 aromatic rings. The molecule has 2 aromatic carbocycles. The number of nitrogens with one attached hydrogen (secondary N) is 3. The van der Waals surface area contributed by atoms with Crippen molar-refractivity contribution in [1.82, 2.24) is 20.3 Å². The normalized spacial score (nSPS) is 15.3. The average molecular weight is 503 g/mol. The predicted octanol–water partition coefficient (Wildman–Crippen LogP) is 6.02. The highest BCUT2D eigenvalue weighted by Crippen LogP contribution is 2.37. The fourth-order valence-electron chi connectivity index (χ4n) is 5.33. The first-order valence-corrected chi connectivity index (χ1v) is 12.7. The molecule has 0 saturated carbocycles. The Kier molecular flexibility index (Phi) is 7.01. The minimum absolute atomic E-state index is 0.322. The number of nitrogens with zero attached hydrogens (tertiary/aromatic N) is 1. The number of H-pyrrole nitrogens is 2. The van der Waals surface area contributed by atoms with Crippen LogP contribution in [-0.4, -0.2) is 32.5 Å². The number of aromatic amines is 2. The van der Waals surface area contributed by atoms with Gasteiger partial charge < -0.3 is 9.97 Å². The lowest BCUT2D eigenvalue weighted by molar-refractivity contribution is -0.124. The summed E-state index contributed by atoms with van der Waals surface area (Å²) in [4.78, 5) is 20.9. The van der Waals surface area contributed by atoms with Crippen molar-refractivity contribution in [3.63, 3.8) is 0 Å². The maximum atomic E-state index is 11.4. The highest BCUT2D eigenvalue weighted by atomic mass is 35.5. The van der Waals surface area contributed by atoms with Crippen LogP contribution >= 0.6 is 11.6 Å². The van der Waals surface area contributed by atoms with Gasteiger partial charge in [0.15, 0.2) is 0 Å². The summed E-state index contributed by atoms with van der Waals surface area (Å²) in [7, 11) is 0. The molecule has 5 rings (SSSR count). The number of hydrogen-bond acceptors (Lipinski definition) is 3. The van der Waals surface area contributed by atoms with E-state index in [0.717, 1.165) is 48.5 Å². The van der Waals surface area contributed by atoms with Crippen molar-refractivity contribution in [2.24, 2.45) is 0 Å². The van der Waals surface area contributed by atoms with Gasteiger partial charge in [0.2, 0.25) is 0 Å². The molecule has 4 N–H and O–H groups in total. The monoisotopic (exact) mass is 502 g/mol. The van der Waals surface area contributed by atoms with Gasteiger partial charge >= 0.3 is 0 Å². The van der Waals surface area contributed by atoms with Crippen molar-refractivity contribution in [1.29, 1.82) is 0 Å². The fourth-order valence-corrected chi connectivity index (χ4v) is 5.50. The van der Waals surface area contributed by atoms with Crippen molar-refractivity contribution in [3.05, 3.63) is 99.0 Å². The van der Waals surface area contributed by atoms with Crippen molar-refractivity contribution in [3.8, 4) is 0 Å². The van der Waals surface area contributed by atoms with Crippen molar-refractivity contribution < 1.29 is 10.0 Å². The molecule has 186 valence electrons. The van der Waals surface area contributed by atoms with Crippen LogP contribution in [0.15, 0.2) is 54.7 Å². The molecule has 2 heterocycles. The molecule has 0 spiro atoms. The summed E-state index contributed by atoms with van der Waals surface area (Å²) >= 11 is 6.18. The highest BCUT2D eigenvalue weighted by molar-refractivity contribution is 6.31. The molecular weight excluding hydrogens is 472 g/mol. The number of carbonyl (C=O) groups is 1. The Labute approximate surface area is 215 Å². The summed E-state index contributed by atoms with van der Waals surface area (Å²) in [5, 5.41) is 10.7. The number of fused-ring (bicyclic) bond motifs is 2. The molecule has 1 amide bonds. The number of hydroxylamine groups is 1. The smallest absolute Gasteiger partial charge is 0.267 e. The Morgan fingerprint density at radius 1 is 1.22 bits per heavy atom. The van der Waals surface area contributed by atoms with Gasteiger partial charge in [-0.15, -0.1) is 0 Å². The number of rotatable bonds is 8. The lowest BCUT2D eigenvalue weighted by Gasteiger charge is -2.29. The summed E-state index contributed by atoms with van der Waals surface area (Å²) in [6, 6.07) is 15.0. The first-order chi connectivity index (χ1) is 17.4. The van der Waals surface area contributed by atoms with E-state index in [2.05, 4.69) is 59.2 Å². The Morgan fingerprint density at radius 3 is 2.86 bits per heavy atom. The summed E-state index contributed by atoms with van der Waals surface area (Å²) in [5.41, 5.74) is 11.4. The second-order valence-corrected chi connectivity index (χ2v) is 10.1. The van der Waals surface area contributed by atoms with E-state index in [1.165, 1.54) is 45.1 Å². The molecule has 36 heavy (non-hydrogen) atoms. The van der Waals surface area contributed by atoms with Gasteiger partial charge in [0.1, 0.15) is 0 Å². The molecule has 1 unspecified atom stereocenters. The maximum absolute atomic E-state index is 11.4. The van der Waals surface area contributed by atoms with Crippen LogP contribution in [0, 0.1) is 13.8 Å². The van der Waals surface area contributed by atoms with E-state index >= 15 is 0 Å². The van der Waals surface area contributed by atoms with Crippen LogP contribution < -0.4 is 5.48 Å². The molecule has 6 nitrogen and oxygen atoms in total. The summed E-state index contributed by atoms with van der Waals surface area (Å²) in [6.45, 7) is 6.05. The molecule has 2 aromatic heterocycles. The van der Waals surface area contributed by atoms with E-state index in [1.807, 2.05) is 18.2 Å². The zero-order valence-corrected chi connectivity index (χ0v) is 21.3. The molecule has 0 bridgehead atoms. The standard InChI is InChI=1S/C29H31ClN4O2/c1-18-13-24(32-19(18)2)17-34(12-11-22-16-31-27-15-23(30)6-8-25(22)27)28-9-5-21-14-20(3-7-26(21)28)4-10-29(35)33-36/h3-4,6-8,10,13-16,28,31-32,36H,5,9,11-12,17H2,1-2H3,(H,33,35). The van der Waals surface area contributed by atoms with Crippen LogP contribution in [0.4, 0.5) is 0 Å². The summed E-state index contributed by atoms with van der Waals surface area (Å²) < 4.78 is 0. The highest BCUT2D eigenvalue weighted by Gasteiger charge is 2.28. The fraction of sp³-hybridized carbons (Fsp3) is 0.276. The van der Waals surface area contributed by atoms with Gasteiger partial charge in [-0.1, -0.05) is 35.9 Å². The van der Waals surface area contributed by atoms with Gasteiger partial charge in [-0.25, -0.2) is 5.48 Å². The van der Waals surface area contributed by atoms with Crippen LogP contribution in [0.25, 0.3) is 17.0 Å². The average Bonchev–Trinajstić information content (AvgIpc) is 3.56. The second kappa shape index (κ2) is 10.3. The molecule has 7 heteroatoms. The summed E-state index contributed by atoms with van der Waals surface area (Å²) in [6.07, 6.45) is 8.16. The Morgan fingerprint density at radius 2 is 2.08 bits per heavy atom. The molecule has 0 fully saturated rings. The van der Waals surface area contributed by atoms with Crippen LogP contribution in [-0.2, 0) is 24.2 Å². The van der Waals surface area contributed by atoms with E-state index in [0.29, 0.717) is 6.04 Å². The van der Waals surface area contributed by atoms with E-state index in [9.17, 15) is 4.79 Å². The van der Waals surface area contributed by atoms with Crippen LogP contribution in [0.3, 0.4) is 0 Å². The lowest BCUT2D eigenvalue weighted by Crippen LogP contribution is -2.29. The van der Waals surface area contributed by atoms with Gasteiger partial charge in [0.25, 0.3) is 5.91 Å². The van der Waals surface area contributed by atoms with Gasteiger partial charge in [0, 0.05) is 58.7 Å². The minimum Gasteiger partial charge on any atom is -0.361 e. The SMILES string of the molecule is Cc1cc(CN(CCc2c[nH]c3cc(Cl)ccc23)C2CCc3cc(C=CC(=O)NO)ccc32)[nH]c1C. The van der Waals surface area contributed by atoms with Gasteiger partial charge in [-0.05, 0) is 85.2 Å². The van der Waals surface area contributed by atoms with Gasteiger partial charge in [-0.2, -0.15) is 0 Å². The number of hydrogen-bond donors (Lipinski definition) is 4. The first-order valence-electron chi connectivity index (χ1n) is 12.3. The maximum Gasteiger partial charge on any atom is 0.267 e. The predicted molar refractivity (Wildman–Crippen MR) is 144 cm³/mol. The lowest BCUT2D eigenvalue weighted by atomic mass is 10.0. The Hall–Kier alpha value is -3.32. The van der Waals surface area contributed by atoms with E-state index < -0.39 is 5.91 Å². The number of aryl methyl sites for hydroxylation is 3. The second-order valence-electron chi connectivity index (χ2n) is 9.65. The number of benzene rings is 2. The molecule has 0 radical (unpaired) electrons. The zero-order chi connectivity index (χ0) is 25.2. The number of amides is 1. The van der Waals surface area contributed by atoms with E-state index in [-0.39, 0.29) is 0 Å². The first kappa shape index (κ1) is 24.4.